The molecule has 0 aliphatic rings. The highest BCUT2D eigenvalue weighted by Gasteiger charge is 2.18. The van der Waals surface area contributed by atoms with Crippen molar-refractivity contribution in [2.75, 3.05) is 5.75 Å². The maximum Gasteiger partial charge on any atom is 0.326 e. The van der Waals surface area contributed by atoms with Crippen molar-refractivity contribution in [1.82, 2.24) is 5.32 Å². The second kappa shape index (κ2) is 7.84. The molecule has 4 nitrogen and oxygen atoms in total. The van der Waals surface area contributed by atoms with Gasteiger partial charge in [-0.25, -0.2) is 4.79 Å². The highest BCUT2D eigenvalue weighted by molar-refractivity contribution is 8.00. The number of aryl methyl sites for hydroxylation is 1. The smallest absolute Gasteiger partial charge is 0.326 e. The van der Waals surface area contributed by atoms with E-state index in [2.05, 4.69) is 5.32 Å². The average Bonchev–Trinajstić information content (AvgIpc) is 2.37. The molecule has 0 radical (unpaired) electrons. The zero-order valence-electron chi connectivity index (χ0n) is 11.2. The molecular formula is C14H19NO3S. The van der Waals surface area contributed by atoms with E-state index in [4.69, 9.17) is 5.11 Å². The predicted octanol–water partition coefficient (Wildman–Crippen LogP) is 2.46. The van der Waals surface area contributed by atoms with Crippen LogP contribution in [0.4, 0.5) is 0 Å². The van der Waals surface area contributed by atoms with E-state index in [9.17, 15) is 9.59 Å². The predicted molar refractivity (Wildman–Crippen MR) is 76.4 cm³/mol. The molecule has 0 aromatic heterocycles. The second-order valence-corrected chi connectivity index (χ2v) is 5.40. The van der Waals surface area contributed by atoms with Crippen molar-refractivity contribution < 1.29 is 14.7 Å². The number of carboxylic acids is 1. The first-order valence-electron chi connectivity index (χ1n) is 6.24. The van der Waals surface area contributed by atoms with Gasteiger partial charge in [-0.2, -0.15) is 0 Å². The van der Waals surface area contributed by atoms with E-state index in [0.717, 1.165) is 11.3 Å². The molecule has 1 aromatic carbocycles. The van der Waals surface area contributed by atoms with Crippen LogP contribution in [0.15, 0.2) is 29.2 Å². The number of carbonyl (C=O) groups excluding carboxylic acids is 1. The van der Waals surface area contributed by atoms with Crippen molar-refractivity contribution in [3.63, 3.8) is 0 Å². The first kappa shape index (κ1) is 15.6. The summed E-state index contributed by atoms with van der Waals surface area (Å²) in [7, 11) is 0. The fraction of sp³-hybridized carbons (Fsp3) is 0.429. The van der Waals surface area contributed by atoms with Gasteiger partial charge in [0.2, 0.25) is 5.91 Å². The molecule has 5 heteroatoms. The number of rotatable bonds is 7. The van der Waals surface area contributed by atoms with Gasteiger partial charge in [0.1, 0.15) is 6.04 Å². The number of amides is 1. The molecule has 0 saturated heterocycles. The molecule has 1 atom stereocenters. The Kier molecular flexibility index (Phi) is 6.42. The van der Waals surface area contributed by atoms with Gasteiger partial charge in [-0.15, -0.1) is 11.8 Å². The maximum absolute atomic E-state index is 11.7. The first-order chi connectivity index (χ1) is 9.02. The molecule has 0 heterocycles. The molecule has 19 heavy (non-hydrogen) atoms. The summed E-state index contributed by atoms with van der Waals surface area (Å²) in [6, 6.07) is 7.09. The summed E-state index contributed by atoms with van der Waals surface area (Å²) < 4.78 is 0. The first-order valence-corrected chi connectivity index (χ1v) is 7.23. The number of benzene rings is 1. The van der Waals surface area contributed by atoms with Crippen LogP contribution in [0, 0.1) is 6.92 Å². The highest BCUT2D eigenvalue weighted by atomic mass is 32.2. The summed E-state index contributed by atoms with van der Waals surface area (Å²) in [4.78, 5) is 23.6. The molecule has 0 saturated carbocycles. The summed E-state index contributed by atoms with van der Waals surface area (Å²) in [5.41, 5.74) is 1.17. The summed E-state index contributed by atoms with van der Waals surface area (Å²) in [6.07, 6.45) is 1.18. The zero-order chi connectivity index (χ0) is 14.3. The largest absolute Gasteiger partial charge is 0.480 e. The highest BCUT2D eigenvalue weighted by Crippen LogP contribution is 2.17. The van der Waals surface area contributed by atoms with Crippen LogP contribution in [-0.4, -0.2) is 28.8 Å². The van der Waals surface area contributed by atoms with Gasteiger partial charge in [0, 0.05) is 4.90 Å². The number of hydrogen-bond acceptors (Lipinski definition) is 3. The van der Waals surface area contributed by atoms with Crippen molar-refractivity contribution in [3.05, 3.63) is 29.8 Å². The van der Waals surface area contributed by atoms with E-state index in [0.29, 0.717) is 6.42 Å². The van der Waals surface area contributed by atoms with Gasteiger partial charge < -0.3 is 10.4 Å². The molecule has 104 valence electrons. The summed E-state index contributed by atoms with van der Waals surface area (Å²) in [5.74, 6) is -0.988. The van der Waals surface area contributed by atoms with Gasteiger partial charge in [0.25, 0.3) is 0 Å². The molecule has 0 aliphatic heterocycles. The minimum Gasteiger partial charge on any atom is -0.480 e. The van der Waals surface area contributed by atoms with Crippen LogP contribution in [0.5, 0.6) is 0 Å². The van der Waals surface area contributed by atoms with Crippen molar-refractivity contribution in [2.45, 2.75) is 37.6 Å². The Morgan fingerprint density at radius 3 is 2.47 bits per heavy atom. The van der Waals surface area contributed by atoms with Gasteiger partial charge in [0.15, 0.2) is 0 Å². The van der Waals surface area contributed by atoms with Crippen LogP contribution in [0.25, 0.3) is 0 Å². The molecule has 0 fully saturated rings. The van der Waals surface area contributed by atoms with E-state index in [-0.39, 0.29) is 11.7 Å². The molecule has 1 aromatic rings. The van der Waals surface area contributed by atoms with Crippen LogP contribution < -0.4 is 5.32 Å². The van der Waals surface area contributed by atoms with E-state index in [1.807, 2.05) is 38.1 Å². The topological polar surface area (TPSA) is 66.4 Å². The van der Waals surface area contributed by atoms with Crippen LogP contribution in [-0.2, 0) is 9.59 Å². The van der Waals surface area contributed by atoms with Crippen molar-refractivity contribution >= 4 is 23.6 Å². The van der Waals surface area contributed by atoms with Crippen molar-refractivity contribution in [2.24, 2.45) is 0 Å². The minimum atomic E-state index is -0.976. The molecule has 0 bridgehead atoms. The summed E-state index contributed by atoms with van der Waals surface area (Å²) >= 11 is 1.40. The van der Waals surface area contributed by atoms with Crippen LogP contribution in [0.3, 0.4) is 0 Å². The summed E-state index contributed by atoms with van der Waals surface area (Å²) in [6.45, 7) is 3.90. The third kappa shape index (κ3) is 5.79. The van der Waals surface area contributed by atoms with Gasteiger partial charge in [0.05, 0.1) is 5.75 Å². The molecular weight excluding hydrogens is 262 g/mol. The van der Waals surface area contributed by atoms with Gasteiger partial charge in [-0.05, 0) is 25.5 Å². The Morgan fingerprint density at radius 2 is 1.95 bits per heavy atom. The molecule has 0 spiro atoms. The number of nitrogens with one attached hydrogen (secondary N) is 1. The van der Waals surface area contributed by atoms with E-state index < -0.39 is 12.0 Å². The van der Waals surface area contributed by atoms with Gasteiger partial charge in [-0.3, -0.25) is 4.79 Å². The van der Waals surface area contributed by atoms with E-state index in [1.165, 1.54) is 17.3 Å². The monoisotopic (exact) mass is 281 g/mol. The third-order valence-electron chi connectivity index (χ3n) is 2.60. The Labute approximate surface area is 117 Å². The maximum atomic E-state index is 11.7. The number of aliphatic carboxylic acids is 1. The lowest BCUT2D eigenvalue weighted by atomic mass is 10.2. The lowest BCUT2D eigenvalue weighted by molar-refractivity contribution is -0.141. The van der Waals surface area contributed by atoms with E-state index in [1.54, 1.807) is 0 Å². The molecule has 2 N–H and O–H groups in total. The standard InChI is InChI=1S/C14H19NO3S/c1-3-4-12(14(17)18)15-13(16)9-19-11-7-5-10(2)6-8-11/h5-8,12H,3-4,9H2,1-2H3,(H,15,16)(H,17,18). The average molecular weight is 281 g/mol. The van der Waals surface area contributed by atoms with Crippen molar-refractivity contribution in [1.29, 1.82) is 0 Å². The second-order valence-electron chi connectivity index (χ2n) is 4.35. The Balaban J connectivity index is 2.42. The van der Waals surface area contributed by atoms with Crippen LogP contribution in [0.1, 0.15) is 25.3 Å². The van der Waals surface area contributed by atoms with Crippen LogP contribution >= 0.6 is 11.8 Å². The molecule has 1 amide bonds. The van der Waals surface area contributed by atoms with Gasteiger partial charge in [-0.1, -0.05) is 31.0 Å². The number of thioether (sulfide) groups is 1. The fourth-order valence-electron chi connectivity index (χ4n) is 1.57. The van der Waals surface area contributed by atoms with Crippen LogP contribution in [0.2, 0.25) is 0 Å². The third-order valence-corrected chi connectivity index (χ3v) is 3.61. The van der Waals surface area contributed by atoms with Gasteiger partial charge >= 0.3 is 5.97 Å². The number of carbonyl (C=O) groups is 2. The number of hydrogen-bond donors (Lipinski definition) is 2. The Hall–Kier alpha value is -1.49. The fourth-order valence-corrected chi connectivity index (χ4v) is 2.28. The van der Waals surface area contributed by atoms with Crippen molar-refractivity contribution in [3.8, 4) is 0 Å². The summed E-state index contributed by atoms with van der Waals surface area (Å²) in [5, 5.41) is 11.5. The molecule has 0 aliphatic carbocycles. The molecule has 1 rings (SSSR count). The quantitative estimate of drug-likeness (QED) is 0.753. The zero-order valence-corrected chi connectivity index (χ0v) is 12.0. The Morgan fingerprint density at radius 1 is 1.32 bits per heavy atom. The lowest BCUT2D eigenvalue weighted by Crippen LogP contribution is -2.41. The minimum absolute atomic E-state index is 0.233. The SMILES string of the molecule is CCCC(NC(=O)CSc1ccc(C)cc1)C(=O)O. The Bertz CT molecular complexity index is 431. The molecule has 1 unspecified atom stereocenters. The van der Waals surface area contributed by atoms with E-state index >= 15 is 0 Å². The normalized spacial score (nSPS) is 11.9. The lowest BCUT2D eigenvalue weighted by Gasteiger charge is -2.13. The number of carboxylic acid groups (broad SMARTS) is 1.